The molecular formula is C15H28N2O3. The number of aliphatic hydroxyl groups is 1. The van der Waals surface area contributed by atoms with Gasteiger partial charge in [0.25, 0.3) is 0 Å². The lowest BCUT2D eigenvalue weighted by Crippen LogP contribution is -2.53. The van der Waals surface area contributed by atoms with Crippen molar-refractivity contribution >= 4 is 11.8 Å². The van der Waals surface area contributed by atoms with Crippen molar-refractivity contribution in [2.75, 3.05) is 13.1 Å². The lowest BCUT2D eigenvalue weighted by atomic mass is 10.00. The summed E-state index contributed by atoms with van der Waals surface area (Å²) in [6, 6.07) is -0.359. The molecule has 1 saturated heterocycles. The van der Waals surface area contributed by atoms with Crippen molar-refractivity contribution < 1.29 is 14.7 Å². The zero-order chi connectivity index (χ0) is 15.1. The number of amides is 2. The highest BCUT2D eigenvalue weighted by molar-refractivity contribution is 5.87. The van der Waals surface area contributed by atoms with Gasteiger partial charge in [0.05, 0.1) is 6.10 Å². The van der Waals surface area contributed by atoms with Crippen molar-refractivity contribution in [1.29, 1.82) is 0 Å². The number of piperidine rings is 1. The first-order valence-electron chi connectivity index (χ1n) is 7.72. The molecule has 2 atom stereocenters. The Kier molecular flexibility index (Phi) is 6.99. The van der Waals surface area contributed by atoms with E-state index in [0.717, 1.165) is 25.7 Å². The monoisotopic (exact) mass is 284 g/mol. The molecule has 0 aromatic rings. The summed E-state index contributed by atoms with van der Waals surface area (Å²) in [7, 11) is 0. The molecular weight excluding hydrogens is 256 g/mol. The van der Waals surface area contributed by atoms with Gasteiger partial charge in [-0.2, -0.15) is 0 Å². The molecule has 1 fully saturated rings. The van der Waals surface area contributed by atoms with Crippen LogP contribution >= 0.6 is 0 Å². The van der Waals surface area contributed by atoms with Gasteiger partial charge in [-0.1, -0.05) is 20.8 Å². The Morgan fingerprint density at radius 2 is 2.05 bits per heavy atom. The highest BCUT2D eigenvalue weighted by atomic mass is 16.3. The van der Waals surface area contributed by atoms with Crippen molar-refractivity contribution in [2.45, 2.75) is 65.0 Å². The Bertz CT molecular complexity index is 331. The van der Waals surface area contributed by atoms with E-state index in [4.69, 9.17) is 0 Å². The number of likely N-dealkylation sites (tertiary alicyclic amines) is 1. The SMILES string of the molecule is CCCC(=O)N1CCCCC1C(=O)NCC(O)C(C)C. The van der Waals surface area contributed by atoms with Crippen LogP contribution in [0, 0.1) is 5.92 Å². The van der Waals surface area contributed by atoms with Crippen molar-refractivity contribution in [3.8, 4) is 0 Å². The number of carbonyl (C=O) groups is 2. The van der Waals surface area contributed by atoms with Crippen molar-refractivity contribution in [3.63, 3.8) is 0 Å². The molecule has 2 unspecified atom stereocenters. The molecule has 0 aromatic carbocycles. The van der Waals surface area contributed by atoms with E-state index < -0.39 is 6.10 Å². The van der Waals surface area contributed by atoms with E-state index >= 15 is 0 Å². The number of nitrogens with zero attached hydrogens (tertiary/aromatic N) is 1. The summed E-state index contributed by atoms with van der Waals surface area (Å²) < 4.78 is 0. The molecule has 1 rings (SSSR count). The minimum atomic E-state index is -0.540. The average molecular weight is 284 g/mol. The summed E-state index contributed by atoms with van der Waals surface area (Å²) in [5.74, 6) is 0.0464. The number of hydrogen-bond donors (Lipinski definition) is 2. The molecule has 0 saturated carbocycles. The van der Waals surface area contributed by atoms with Crippen molar-refractivity contribution in [3.05, 3.63) is 0 Å². The Morgan fingerprint density at radius 1 is 1.35 bits per heavy atom. The first kappa shape index (κ1) is 17.0. The maximum atomic E-state index is 12.2. The summed E-state index contributed by atoms with van der Waals surface area (Å²) in [4.78, 5) is 26.0. The number of hydrogen-bond acceptors (Lipinski definition) is 3. The van der Waals surface area contributed by atoms with Gasteiger partial charge < -0.3 is 15.3 Å². The molecule has 0 aliphatic carbocycles. The lowest BCUT2D eigenvalue weighted by molar-refractivity contribution is -0.142. The van der Waals surface area contributed by atoms with Crippen molar-refractivity contribution in [1.82, 2.24) is 10.2 Å². The lowest BCUT2D eigenvalue weighted by Gasteiger charge is -2.35. The second kappa shape index (κ2) is 8.25. The van der Waals surface area contributed by atoms with Crippen LogP contribution in [0.4, 0.5) is 0 Å². The second-order valence-corrected chi connectivity index (χ2v) is 5.91. The quantitative estimate of drug-likeness (QED) is 0.772. The molecule has 1 aliphatic rings. The summed E-state index contributed by atoms with van der Waals surface area (Å²) in [6.07, 6.45) is 3.42. The van der Waals surface area contributed by atoms with Crippen molar-refractivity contribution in [2.24, 2.45) is 5.92 Å². The van der Waals surface area contributed by atoms with Crippen LogP contribution in [0.1, 0.15) is 52.9 Å². The summed E-state index contributed by atoms with van der Waals surface area (Å²) in [5, 5.41) is 12.5. The summed E-state index contributed by atoms with van der Waals surface area (Å²) in [6.45, 7) is 6.71. The first-order valence-corrected chi connectivity index (χ1v) is 7.72. The second-order valence-electron chi connectivity index (χ2n) is 5.91. The van der Waals surface area contributed by atoms with Gasteiger partial charge >= 0.3 is 0 Å². The van der Waals surface area contributed by atoms with Gasteiger partial charge in [0.15, 0.2) is 0 Å². The third-order valence-corrected chi connectivity index (χ3v) is 3.84. The molecule has 0 radical (unpaired) electrons. The molecule has 116 valence electrons. The van der Waals surface area contributed by atoms with Gasteiger partial charge in [-0.3, -0.25) is 9.59 Å². The number of aliphatic hydroxyl groups excluding tert-OH is 1. The first-order chi connectivity index (χ1) is 9.47. The summed E-state index contributed by atoms with van der Waals surface area (Å²) in [5.41, 5.74) is 0. The van der Waals surface area contributed by atoms with Gasteiger partial charge in [0.2, 0.25) is 11.8 Å². The molecule has 0 spiro atoms. The van der Waals surface area contributed by atoms with Gasteiger partial charge in [0, 0.05) is 19.5 Å². The largest absolute Gasteiger partial charge is 0.391 e. The third kappa shape index (κ3) is 4.78. The molecule has 1 heterocycles. The van der Waals surface area contributed by atoms with Crippen LogP contribution in [0.5, 0.6) is 0 Å². The van der Waals surface area contributed by atoms with Gasteiger partial charge in [0.1, 0.15) is 6.04 Å². The molecule has 5 heteroatoms. The Labute approximate surface area is 121 Å². The fourth-order valence-corrected chi connectivity index (χ4v) is 2.42. The Morgan fingerprint density at radius 3 is 2.65 bits per heavy atom. The van der Waals surface area contributed by atoms with Crippen LogP contribution in [0.2, 0.25) is 0 Å². The predicted octanol–water partition coefficient (Wildman–Crippen LogP) is 1.30. The molecule has 2 amide bonds. The van der Waals surface area contributed by atoms with Crippen LogP contribution < -0.4 is 5.32 Å². The van der Waals surface area contributed by atoms with E-state index in [1.165, 1.54) is 0 Å². The molecule has 20 heavy (non-hydrogen) atoms. The standard InChI is InChI=1S/C15H28N2O3/c1-4-7-14(19)17-9-6-5-8-12(17)15(20)16-10-13(18)11(2)3/h11-13,18H,4-10H2,1-3H3,(H,16,20). The Hall–Kier alpha value is -1.10. The van der Waals surface area contributed by atoms with Gasteiger partial charge in [-0.05, 0) is 31.6 Å². The molecule has 1 aliphatic heterocycles. The van der Waals surface area contributed by atoms with Crippen LogP contribution in [-0.4, -0.2) is 47.1 Å². The topological polar surface area (TPSA) is 69.6 Å². The minimum Gasteiger partial charge on any atom is -0.391 e. The van der Waals surface area contributed by atoms with Gasteiger partial charge in [-0.15, -0.1) is 0 Å². The van der Waals surface area contributed by atoms with E-state index in [1.54, 1.807) is 4.90 Å². The number of nitrogens with one attached hydrogen (secondary N) is 1. The molecule has 0 bridgehead atoms. The highest BCUT2D eigenvalue weighted by Gasteiger charge is 2.31. The van der Waals surface area contributed by atoms with E-state index in [-0.39, 0.29) is 30.3 Å². The zero-order valence-corrected chi connectivity index (χ0v) is 12.9. The van der Waals surface area contributed by atoms with Gasteiger partial charge in [-0.25, -0.2) is 0 Å². The minimum absolute atomic E-state index is 0.0664. The average Bonchev–Trinajstić information content (AvgIpc) is 2.44. The smallest absolute Gasteiger partial charge is 0.242 e. The highest BCUT2D eigenvalue weighted by Crippen LogP contribution is 2.18. The molecule has 0 aromatic heterocycles. The number of carbonyl (C=O) groups excluding carboxylic acids is 2. The number of rotatable bonds is 6. The summed E-state index contributed by atoms with van der Waals surface area (Å²) >= 11 is 0. The molecule has 2 N–H and O–H groups in total. The predicted molar refractivity (Wildman–Crippen MR) is 78.1 cm³/mol. The van der Waals surface area contributed by atoms with Crippen LogP contribution in [0.15, 0.2) is 0 Å². The third-order valence-electron chi connectivity index (χ3n) is 3.84. The zero-order valence-electron chi connectivity index (χ0n) is 12.9. The van der Waals surface area contributed by atoms with Crippen LogP contribution in [-0.2, 0) is 9.59 Å². The van der Waals surface area contributed by atoms with E-state index in [0.29, 0.717) is 13.0 Å². The van der Waals surface area contributed by atoms with E-state index in [2.05, 4.69) is 5.32 Å². The van der Waals surface area contributed by atoms with Crippen LogP contribution in [0.3, 0.4) is 0 Å². The Balaban J connectivity index is 2.56. The normalized spacial score (nSPS) is 20.9. The molecule has 5 nitrogen and oxygen atoms in total. The van der Waals surface area contributed by atoms with E-state index in [9.17, 15) is 14.7 Å². The maximum absolute atomic E-state index is 12.2. The fraction of sp³-hybridized carbons (Fsp3) is 0.867. The maximum Gasteiger partial charge on any atom is 0.242 e. The van der Waals surface area contributed by atoms with E-state index in [1.807, 2.05) is 20.8 Å². The van der Waals surface area contributed by atoms with Crippen LogP contribution in [0.25, 0.3) is 0 Å². The fourth-order valence-electron chi connectivity index (χ4n) is 2.42.